The smallest absolute Gasteiger partial charge is 0.321 e. The third kappa shape index (κ3) is 4.53. The van der Waals surface area contributed by atoms with Crippen LogP contribution in [0.1, 0.15) is 18.7 Å². The second kappa shape index (κ2) is 8.72. The number of nitrogens with one attached hydrogen (secondary N) is 2. The first-order valence-corrected chi connectivity index (χ1v) is 9.88. The van der Waals surface area contributed by atoms with Gasteiger partial charge in [-0.3, -0.25) is 9.20 Å². The number of aromatic nitrogens is 3. The van der Waals surface area contributed by atoms with E-state index < -0.39 is 0 Å². The van der Waals surface area contributed by atoms with E-state index in [9.17, 15) is 9.59 Å². The summed E-state index contributed by atoms with van der Waals surface area (Å²) < 4.78 is 1.92. The van der Waals surface area contributed by atoms with E-state index in [0.29, 0.717) is 26.1 Å². The number of hydrogen-bond donors (Lipinski definition) is 2. The largest absolute Gasteiger partial charge is 0.355 e. The number of amides is 3. The van der Waals surface area contributed by atoms with Crippen LogP contribution in [0.3, 0.4) is 0 Å². The lowest BCUT2D eigenvalue weighted by molar-refractivity contribution is -0.126. The van der Waals surface area contributed by atoms with E-state index in [2.05, 4.69) is 20.8 Å². The van der Waals surface area contributed by atoms with Gasteiger partial charge >= 0.3 is 6.03 Å². The molecule has 0 aliphatic carbocycles. The topological polar surface area (TPSA) is 91.6 Å². The fraction of sp³-hybridized carbons (Fsp3) is 0.333. The van der Waals surface area contributed by atoms with Crippen LogP contribution in [0.2, 0.25) is 0 Å². The first-order chi connectivity index (χ1) is 14.2. The Morgan fingerprint density at radius 2 is 1.90 bits per heavy atom. The van der Waals surface area contributed by atoms with Crippen molar-refractivity contribution in [3.63, 3.8) is 0 Å². The van der Waals surface area contributed by atoms with Crippen molar-refractivity contribution in [1.82, 2.24) is 24.8 Å². The first-order valence-electron chi connectivity index (χ1n) is 9.88. The number of benzene rings is 1. The van der Waals surface area contributed by atoms with Crippen LogP contribution in [0, 0.1) is 5.92 Å². The summed E-state index contributed by atoms with van der Waals surface area (Å²) in [6, 6.07) is 14.9. The van der Waals surface area contributed by atoms with E-state index in [-0.39, 0.29) is 17.9 Å². The van der Waals surface area contributed by atoms with Crippen molar-refractivity contribution in [2.24, 2.45) is 5.92 Å². The molecule has 2 aromatic heterocycles. The number of nitrogens with zero attached hydrogens (tertiary/aromatic N) is 4. The second-order valence-corrected chi connectivity index (χ2v) is 7.17. The summed E-state index contributed by atoms with van der Waals surface area (Å²) >= 11 is 0. The Morgan fingerprint density at radius 1 is 1.07 bits per heavy atom. The first kappa shape index (κ1) is 18.9. The van der Waals surface area contributed by atoms with Crippen LogP contribution < -0.4 is 10.6 Å². The van der Waals surface area contributed by atoms with Gasteiger partial charge in [0, 0.05) is 37.9 Å². The zero-order chi connectivity index (χ0) is 20.1. The number of pyridine rings is 1. The molecule has 1 aliphatic heterocycles. The summed E-state index contributed by atoms with van der Waals surface area (Å²) in [6.07, 6.45) is 4.11. The average Bonchev–Trinajstić information content (AvgIpc) is 3.18. The summed E-state index contributed by atoms with van der Waals surface area (Å²) in [5, 5.41) is 14.2. The molecule has 1 aromatic carbocycles. The van der Waals surface area contributed by atoms with Gasteiger partial charge in [-0.15, -0.1) is 10.2 Å². The quantitative estimate of drug-likeness (QED) is 0.697. The molecule has 3 heterocycles. The van der Waals surface area contributed by atoms with Crippen molar-refractivity contribution >= 4 is 23.3 Å². The van der Waals surface area contributed by atoms with Crippen LogP contribution >= 0.6 is 0 Å². The van der Waals surface area contributed by atoms with Gasteiger partial charge in [0.15, 0.2) is 5.65 Å². The number of para-hydroxylation sites is 1. The number of fused-ring (bicyclic) bond motifs is 1. The molecule has 1 aliphatic rings. The minimum atomic E-state index is -0.194. The third-order valence-electron chi connectivity index (χ3n) is 5.14. The minimum Gasteiger partial charge on any atom is -0.355 e. The monoisotopic (exact) mass is 392 g/mol. The number of piperidine rings is 1. The summed E-state index contributed by atoms with van der Waals surface area (Å²) in [5.74, 6) is 0.602. The van der Waals surface area contributed by atoms with Crippen molar-refractivity contribution in [2.45, 2.75) is 19.3 Å². The van der Waals surface area contributed by atoms with Gasteiger partial charge in [0.1, 0.15) is 5.82 Å². The van der Waals surface area contributed by atoms with Crippen LogP contribution in [-0.2, 0) is 11.2 Å². The van der Waals surface area contributed by atoms with Crippen molar-refractivity contribution in [3.8, 4) is 0 Å². The lowest BCUT2D eigenvalue weighted by Gasteiger charge is -2.32. The van der Waals surface area contributed by atoms with E-state index >= 15 is 0 Å². The molecule has 8 nitrogen and oxygen atoms in total. The fourth-order valence-electron chi connectivity index (χ4n) is 3.60. The molecule has 1 unspecified atom stereocenters. The Bertz CT molecular complexity index is 987. The zero-order valence-corrected chi connectivity index (χ0v) is 16.1. The lowest BCUT2D eigenvalue weighted by Crippen LogP contribution is -2.47. The van der Waals surface area contributed by atoms with Gasteiger partial charge in [0.05, 0.1) is 5.92 Å². The Morgan fingerprint density at radius 3 is 2.76 bits per heavy atom. The van der Waals surface area contributed by atoms with E-state index in [1.807, 2.05) is 59.1 Å². The molecule has 150 valence electrons. The predicted octanol–water partition coefficient (Wildman–Crippen LogP) is 2.33. The molecule has 2 N–H and O–H groups in total. The van der Waals surface area contributed by atoms with Crippen LogP contribution in [0.15, 0.2) is 54.7 Å². The highest BCUT2D eigenvalue weighted by Crippen LogP contribution is 2.18. The molecule has 0 radical (unpaired) electrons. The normalized spacial score (nSPS) is 16.6. The third-order valence-corrected chi connectivity index (χ3v) is 5.14. The number of rotatable bonds is 5. The standard InChI is InChI=1S/C21H24N6O2/c28-20(22-12-11-19-25-24-18-10-4-5-14-27(18)19)16-7-6-13-26(15-16)21(29)23-17-8-2-1-3-9-17/h1-5,8-10,14,16H,6-7,11-13,15H2,(H,22,28)(H,23,29). The number of carbonyl (C=O) groups excluding carboxylic acids is 2. The van der Waals surface area contributed by atoms with E-state index in [4.69, 9.17) is 0 Å². The summed E-state index contributed by atoms with van der Waals surface area (Å²) in [6.45, 7) is 1.58. The average molecular weight is 392 g/mol. The van der Waals surface area contributed by atoms with Crippen LogP contribution in [0.25, 0.3) is 5.65 Å². The number of likely N-dealkylation sites (tertiary alicyclic amines) is 1. The molecular weight excluding hydrogens is 368 g/mol. The molecule has 29 heavy (non-hydrogen) atoms. The number of hydrogen-bond acceptors (Lipinski definition) is 4. The molecule has 8 heteroatoms. The minimum absolute atomic E-state index is 0.0176. The molecule has 0 saturated carbocycles. The number of anilines is 1. The maximum absolute atomic E-state index is 12.6. The summed E-state index contributed by atoms with van der Waals surface area (Å²) in [4.78, 5) is 26.8. The van der Waals surface area contributed by atoms with Gasteiger partial charge in [-0.05, 0) is 37.1 Å². The van der Waals surface area contributed by atoms with E-state index in [1.54, 1.807) is 4.90 Å². The Labute approximate surface area is 168 Å². The summed E-state index contributed by atoms with van der Waals surface area (Å²) in [7, 11) is 0. The van der Waals surface area contributed by atoms with Gasteiger partial charge in [-0.2, -0.15) is 0 Å². The fourth-order valence-corrected chi connectivity index (χ4v) is 3.60. The highest BCUT2D eigenvalue weighted by molar-refractivity contribution is 5.90. The van der Waals surface area contributed by atoms with Crippen LogP contribution in [-0.4, -0.2) is 51.1 Å². The van der Waals surface area contributed by atoms with Crippen molar-refractivity contribution in [1.29, 1.82) is 0 Å². The van der Waals surface area contributed by atoms with Crippen LogP contribution in [0.5, 0.6) is 0 Å². The lowest BCUT2D eigenvalue weighted by atomic mass is 9.97. The highest BCUT2D eigenvalue weighted by Gasteiger charge is 2.28. The van der Waals surface area contributed by atoms with Crippen molar-refractivity contribution in [2.75, 3.05) is 25.0 Å². The molecule has 1 saturated heterocycles. The highest BCUT2D eigenvalue weighted by atomic mass is 16.2. The maximum Gasteiger partial charge on any atom is 0.321 e. The molecule has 1 atom stereocenters. The molecular formula is C21H24N6O2. The zero-order valence-electron chi connectivity index (χ0n) is 16.1. The molecule has 3 aromatic rings. The van der Waals surface area contributed by atoms with Gasteiger partial charge in [-0.25, -0.2) is 4.79 Å². The summed E-state index contributed by atoms with van der Waals surface area (Å²) in [5.41, 5.74) is 1.55. The van der Waals surface area contributed by atoms with Gasteiger partial charge in [-0.1, -0.05) is 24.3 Å². The van der Waals surface area contributed by atoms with Crippen molar-refractivity contribution in [3.05, 3.63) is 60.6 Å². The molecule has 0 spiro atoms. The maximum atomic E-state index is 12.6. The molecule has 1 fully saturated rings. The van der Waals surface area contributed by atoms with Gasteiger partial charge in [0.25, 0.3) is 0 Å². The number of carbonyl (C=O) groups is 2. The number of urea groups is 1. The predicted molar refractivity (Wildman–Crippen MR) is 109 cm³/mol. The Hall–Kier alpha value is -3.42. The van der Waals surface area contributed by atoms with Gasteiger partial charge < -0.3 is 15.5 Å². The SMILES string of the molecule is O=C(NCCc1nnc2ccccn12)C1CCCN(C(=O)Nc2ccccc2)C1. The Kier molecular flexibility index (Phi) is 5.69. The van der Waals surface area contributed by atoms with E-state index in [0.717, 1.165) is 30.0 Å². The molecule has 3 amide bonds. The molecule has 0 bridgehead atoms. The van der Waals surface area contributed by atoms with E-state index in [1.165, 1.54) is 0 Å². The molecule has 4 rings (SSSR count). The van der Waals surface area contributed by atoms with Crippen LogP contribution in [0.4, 0.5) is 10.5 Å². The second-order valence-electron chi connectivity index (χ2n) is 7.17. The Balaban J connectivity index is 1.27. The van der Waals surface area contributed by atoms with Crippen molar-refractivity contribution < 1.29 is 9.59 Å². The van der Waals surface area contributed by atoms with Gasteiger partial charge in [0.2, 0.25) is 5.91 Å².